The Morgan fingerprint density at radius 1 is 1.33 bits per heavy atom. The van der Waals surface area contributed by atoms with E-state index in [0.717, 1.165) is 12.0 Å². The lowest BCUT2D eigenvalue weighted by molar-refractivity contribution is 0.246. The molecular weight excluding hydrogens is 184 g/mol. The summed E-state index contributed by atoms with van der Waals surface area (Å²) < 4.78 is 0. The summed E-state index contributed by atoms with van der Waals surface area (Å²) in [4.78, 5) is 2.61. The van der Waals surface area contributed by atoms with Gasteiger partial charge in [0.25, 0.3) is 0 Å². The largest absolute Gasteiger partial charge is 0.312 e. The van der Waals surface area contributed by atoms with Crippen molar-refractivity contribution in [3.05, 3.63) is 0 Å². The Morgan fingerprint density at radius 3 is 2.67 bits per heavy atom. The fourth-order valence-electron chi connectivity index (χ4n) is 2.42. The van der Waals surface area contributed by atoms with Crippen molar-refractivity contribution in [2.24, 2.45) is 5.92 Å². The van der Waals surface area contributed by atoms with Crippen molar-refractivity contribution < 1.29 is 0 Å². The van der Waals surface area contributed by atoms with Gasteiger partial charge in [-0.15, -0.1) is 0 Å². The minimum Gasteiger partial charge on any atom is -0.312 e. The summed E-state index contributed by atoms with van der Waals surface area (Å²) in [6.45, 7) is 12.9. The zero-order chi connectivity index (χ0) is 11.3. The van der Waals surface area contributed by atoms with Crippen molar-refractivity contribution >= 4 is 0 Å². The fourth-order valence-corrected chi connectivity index (χ4v) is 2.42. The van der Waals surface area contributed by atoms with Gasteiger partial charge in [0.1, 0.15) is 0 Å². The summed E-state index contributed by atoms with van der Waals surface area (Å²) in [7, 11) is 0. The maximum atomic E-state index is 3.70. The Hall–Kier alpha value is -0.0800. The Bertz CT molecular complexity index is 170. The predicted octanol–water partition coefficient (Wildman–Crippen LogP) is 2.49. The molecular formula is C13H28N2. The van der Waals surface area contributed by atoms with Crippen LogP contribution in [0.1, 0.15) is 47.0 Å². The molecule has 2 heteroatoms. The van der Waals surface area contributed by atoms with Gasteiger partial charge in [-0.25, -0.2) is 0 Å². The number of likely N-dealkylation sites (tertiary alicyclic amines) is 1. The molecule has 1 N–H and O–H groups in total. The summed E-state index contributed by atoms with van der Waals surface area (Å²) in [5.41, 5.74) is 0. The fraction of sp³-hybridized carbons (Fsp3) is 1.00. The van der Waals surface area contributed by atoms with Crippen LogP contribution in [0.25, 0.3) is 0 Å². The van der Waals surface area contributed by atoms with Gasteiger partial charge >= 0.3 is 0 Å². The molecule has 1 rings (SSSR count). The molecule has 1 aliphatic heterocycles. The van der Waals surface area contributed by atoms with E-state index in [1.165, 1.54) is 38.9 Å². The van der Waals surface area contributed by atoms with Crippen LogP contribution in [0.5, 0.6) is 0 Å². The molecule has 1 aliphatic rings. The van der Waals surface area contributed by atoms with Crippen molar-refractivity contribution in [2.45, 2.75) is 59.0 Å². The smallest absolute Gasteiger partial charge is 0.0221 e. The molecule has 1 saturated heterocycles. The molecule has 0 spiro atoms. The van der Waals surface area contributed by atoms with Crippen molar-refractivity contribution in [3.63, 3.8) is 0 Å². The summed E-state index contributed by atoms with van der Waals surface area (Å²) in [5, 5.41) is 3.70. The molecule has 15 heavy (non-hydrogen) atoms. The minimum absolute atomic E-state index is 0.661. The highest BCUT2D eigenvalue weighted by Gasteiger charge is 2.23. The highest BCUT2D eigenvalue weighted by molar-refractivity contribution is 4.81. The quantitative estimate of drug-likeness (QED) is 0.728. The maximum Gasteiger partial charge on any atom is 0.0221 e. The standard InChI is InChI=1S/C13H28N2/c1-5-11(3)12(4)14-10-13-8-7-9-15(13)6-2/h11-14H,5-10H2,1-4H3/t11-,12+,13-/m0/s1. The normalized spacial score (nSPS) is 26.8. The van der Waals surface area contributed by atoms with E-state index in [2.05, 4.69) is 37.9 Å². The molecule has 2 nitrogen and oxygen atoms in total. The van der Waals surface area contributed by atoms with Crippen LogP contribution in [0.4, 0.5) is 0 Å². The Labute approximate surface area is 95.4 Å². The van der Waals surface area contributed by atoms with Gasteiger partial charge < -0.3 is 5.32 Å². The highest BCUT2D eigenvalue weighted by atomic mass is 15.2. The third kappa shape index (κ3) is 3.76. The molecule has 3 atom stereocenters. The van der Waals surface area contributed by atoms with Crippen LogP contribution in [-0.4, -0.2) is 36.6 Å². The summed E-state index contributed by atoms with van der Waals surface area (Å²) in [6.07, 6.45) is 4.04. The van der Waals surface area contributed by atoms with Gasteiger partial charge in [-0.05, 0) is 38.8 Å². The van der Waals surface area contributed by atoms with E-state index >= 15 is 0 Å². The molecule has 0 aromatic heterocycles. The van der Waals surface area contributed by atoms with E-state index in [1.54, 1.807) is 0 Å². The van der Waals surface area contributed by atoms with Crippen molar-refractivity contribution in [1.29, 1.82) is 0 Å². The van der Waals surface area contributed by atoms with E-state index in [9.17, 15) is 0 Å². The van der Waals surface area contributed by atoms with Crippen LogP contribution in [0, 0.1) is 5.92 Å². The number of likely N-dealkylation sites (N-methyl/N-ethyl adjacent to an activating group) is 1. The van der Waals surface area contributed by atoms with E-state index in [0.29, 0.717) is 6.04 Å². The number of hydrogen-bond donors (Lipinski definition) is 1. The maximum absolute atomic E-state index is 3.70. The van der Waals surface area contributed by atoms with Gasteiger partial charge in [0, 0.05) is 18.6 Å². The SMILES string of the molecule is CC[C@H](C)[C@@H](C)NC[C@@H]1CCCN1CC. The van der Waals surface area contributed by atoms with Gasteiger partial charge in [-0.3, -0.25) is 4.90 Å². The van der Waals surface area contributed by atoms with Gasteiger partial charge in [-0.2, -0.15) is 0 Å². The monoisotopic (exact) mass is 212 g/mol. The molecule has 0 aliphatic carbocycles. The van der Waals surface area contributed by atoms with Crippen LogP contribution in [0.2, 0.25) is 0 Å². The second-order valence-corrected chi connectivity index (χ2v) is 5.01. The van der Waals surface area contributed by atoms with E-state index < -0.39 is 0 Å². The van der Waals surface area contributed by atoms with Gasteiger partial charge in [0.2, 0.25) is 0 Å². The Balaban J connectivity index is 2.24. The van der Waals surface area contributed by atoms with Crippen LogP contribution >= 0.6 is 0 Å². The van der Waals surface area contributed by atoms with Crippen molar-refractivity contribution in [2.75, 3.05) is 19.6 Å². The summed E-state index contributed by atoms with van der Waals surface area (Å²) in [5.74, 6) is 0.793. The lowest BCUT2D eigenvalue weighted by Crippen LogP contribution is -2.42. The molecule has 0 saturated carbocycles. The lowest BCUT2D eigenvalue weighted by atomic mass is 10.0. The van der Waals surface area contributed by atoms with Gasteiger partial charge in [-0.1, -0.05) is 27.2 Å². The van der Waals surface area contributed by atoms with Gasteiger partial charge in [0.15, 0.2) is 0 Å². The first-order chi connectivity index (χ1) is 7.19. The second-order valence-electron chi connectivity index (χ2n) is 5.01. The number of nitrogens with one attached hydrogen (secondary N) is 1. The topological polar surface area (TPSA) is 15.3 Å². The number of rotatable bonds is 6. The number of nitrogens with zero attached hydrogens (tertiary/aromatic N) is 1. The average Bonchev–Trinajstić information content (AvgIpc) is 2.71. The molecule has 90 valence electrons. The summed E-state index contributed by atoms with van der Waals surface area (Å²) in [6, 6.07) is 1.45. The predicted molar refractivity (Wildman–Crippen MR) is 67.2 cm³/mol. The van der Waals surface area contributed by atoms with E-state index in [-0.39, 0.29) is 0 Å². The van der Waals surface area contributed by atoms with Crippen LogP contribution in [-0.2, 0) is 0 Å². The molecule has 1 fully saturated rings. The van der Waals surface area contributed by atoms with Crippen molar-refractivity contribution in [3.8, 4) is 0 Å². The molecule has 0 bridgehead atoms. The molecule has 1 heterocycles. The number of hydrogen-bond acceptors (Lipinski definition) is 2. The third-order valence-electron chi connectivity index (χ3n) is 4.08. The van der Waals surface area contributed by atoms with Crippen LogP contribution in [0.3, 0.4) is 0 Å². The first-order valence-corrected chi connectivity index (χ1v) is 6.66. The van der Waals surface area contributed by atoms with E-state index in [4.69, 9.17) is 0 Å². The van der Waals surface area contributed by atoms with Gasteiger partial charge in [0.05, 0.1) is 0 Å². The summed E-state index contributed by atoms with van der Waals surface area (Å²) >= 11 is 0. The van der Waals surface area contributed by atoms with Crippen LogP contribution in [0.15, 0.2) is 0 Å². The van der Waals surface area contributed by atoms with Crippen molar-refractivity contribution in [1.82, 2.24) is 10.2 Å². The Kier molecular flexibility index (Phi) is 5.62. The molecule has 0 aromatic rings. The third-order valence-corrected chi connectivity index (χ3v) is 4.08. The first-order valence-electron chi connectivity index (χ1n) is 6.66. The zero-order valence-electron chi connectivity index (χ0n) is 10.9. The molecule has 0 amide bonds. The average molecular weight is 212 g/mol. The second kappa shape index (κ2) is 6.49. The zero-order valence-corrected chi connectivity index (χ0v) is 10.9. The first kappa shape index (κ1) is 13.0. The van der Waals surface area contributed by atoms with Crippen LogP contribution < -0.4 is 5.32 Å². The molecule has 0 unspecified atom stereocenters. The molecule has 0 aromatic carbocycles. The Morgan fingerprint density at radius 2 is 2.07 bits per heavy atom. The molecule has 0 radical (unpaired) electrons. The lowest BCUT2D eigenvalue weighted by Gasteiger charge is -2.27. The highest BCUT2D eigenvalue weighted by Crippen LogP contribution is 2.16. The van der Waals surface area contributed by atoms with E-state index in [1.807, 2.05) is 0 Å². The minimum atomic E-state index is 0.661.